The first-order valence-corrected chi connectivity index (χ1v) is 3.30. The molecule has 0 fully saturated rings. The van der Waals surface area contributed by atoms with E-state index in [-0.39, 0.29) is 29.6 Å². The topological polar surface area (TPSA) is 9.23 Å². The fourth-order valence-corrected chi connectivity index (χ4v) is 0.796. The fourth-order valence-electron chi connectivity index (χ4n) is 0.796. The molecule has 0 bridgehead atoms. The second kappa shape index (κ2) is 5.53. The molecule has 0 saturated carbocycles. The maximum atomic E-state index is 5.00. The summed E-state index contributed by atoms with van der Waals surface area (Å²) in [5.74, 6) is 0.908. The maximum Gasteiger partial charge on any atom is 1.00 e. The average Bonchev–Trinajstić information content (AvgIpc) is 2.05. The van der Waals surface area contributed by atoms with Crippen LogP contribution in [0, 0.1) is 6.42 Å². The second-order valence-corrected chi connectivity index (χ2v) is 2.06. The number of rotatable bonds is 2. The Labute approximate surface area is 90.1 Å². The molecule has 0 aliphatic heterocycles. The van der Waals surface area contributed by atoms with Crippen molar-refractivity contribution in [1.82, 2.24) is 0 Å². The van der Waals surface area contributed by atoms with Crippen LogP contribution in [0.1, 0.15) is 12.5 Å². The Bertz CT molecular complexity index is 170. The van der Waals surface area contributed by atoms with Crippen molar-refractivity contribution in [3.8, 4) is 5.75 Å². The first kappa shape index (κ1) is 10.9. The van der Waals surface area contributed by atoms with Crippen LogP contribution in [0.25, 0.3) is 0 Å². The normalized spacial score (nSPS) is 8.18. The molecule has 0 amide bonds. The Morgan fingerprint density at radius 2 is 1.73 bits per heavy atom. The van der Waals surface area contributed by atoms with Crippen LogP contribution in [0.5, 0.6) is 5.75 Å². The number of benzene rings is 1. The van der Waals surface area contributed by atoms with E-state index in [2.05, 4.69) is 6.42 Å². The summed E-state index contributed by atoms with van der Waals surface area (Å²) in [5, 5.41) is 0. The molecule has 0 unspecified atom stereocenters. The van der Waals surface area contributed by atoms with Gasteiger partial charge in [0.1, 0.15) is 0 Å². The number of methoxy groups -OCH3 is 1. The largest absolute Gasteiger partial charge is 1.00 e. The second-order valence-electron chi connectivity index (χ2n) is 2.06. The number of hydrogen-bond donors (Lipinski definition) is 0. The zero-order valence-corrected chi connectivity index (χ0v) is 9.29. The van der Waals surface area contributed by atoms with Gasteiger partial charge in [-0.15, -0.1) is 0 Å². The van der Waals surface area contributed by atoms with Crippen molar-refractivity contribution >= 4 is 0 Å². The maximum absolute atomic E-state index is 5.00. The summed E-state index contributed by atoms with van der Waals surface area (Å²) in [6.07, 6.45) is 2.06. The number of hydrogen-bond acceptors (Lipinski definition) is 1. The van der Waals surface area contributed by atoms with Gasteiger partial charge in [0.2, 0.25) is 0 Å². The van der Waals surface area contributed by atoms with Gasteiger partial charge in [0.15, 0.2) is 0 Å². The molecule has 1 rings (SSSR count). The molecule has 0 aliphatic carbocycles. The third-order valence-corrected chi connectivity index (χ3v) is 1.45. The van der Waals surface area contributed by atoms with Gasteiger partial charge in [0.05, 0.1) is 12.9 Å². The Kier molecular flexibility index (Phi) is 5.47. The van der Waals surface area contributed by atoms with Gasteiger partial charge in [-0.05, 0) is 0 Å². The van der Waals surface area contributed by atoms with E-state index in [0.717, 1.165) is 5.75 Å². The molecule has 54 valence electrons. The summed E-state index contributed by atoms with van der Waals surface area (Å²) in [4.78, 5) is 0. The summed E-state index contributed by atoms with van der Waals surface area (Å²) >= 11 is 0. The SMILES string of the molecule is C[CH-]c1ccc(OC)cc1.[Na+]. The van der Waals surface area contributed by atoms with Crippen molar-refractivity contribution in [2.75, 3.05) is 7.11 Å². The van der Waals surface area contributed by atoms with Crippen molar-refractivity contribution in [2.24, 2.45) is 0 Å². The first-order chi connectivity index (χ1) is 4.86. The smallest absolute Gasteiger partial charge is 0.499 e. The average molecular weight is 158 g/mol. The zero-order valence-electron chi connectivity index (χ0n) is 7.29. The van der Waals surface area contributed by atoms with Crippen molar-refractivity contribution < 1.29 is 34.3 Å². The minimum atomic E-state index is 0. The molecule has 0 atom stereocenters. The third kappa shape index (κ3) is 3.19. The molecule has 0 aliphatic rings. The van der Waals surface area contributed by atoms with Gasteiger partial charge in [-0.1, -0.05) is 19.1 Å². The van der Waals surface area contributed by atoms with Gasteiger partial charge in [0.25, 0.3) is 0 Å². The van der Waals surface area contributed by atoms with Crippen LogP contribution in [0.15, 0.2) is 24.3 Å². The molecule has 0 heterocycles. The molecule has 11 heavy (non-hydrogen) atoms. The predicted molar refractivity (Wildman–Crippen MR) is 42.1 cm³/mol. The molecule has 1 aromatic carbocycles. The molecule has 0 N–H and O–H groups in total. The van der Waals surface area contributed by atoms with E-state index in [1.54, 1.807) is 7.11 Å². The van der Waals surface area contributed by atoms with Gasteiger partial charge in [-0.25, -0.2) is 0 Å². The van der Waals surface area contributed by atoms with E-state index >= 15 is 0 Å². The van der Waals surface area contributed by atoms with Crippen molar-refractivity contribution in [2.45, 2.75) is 6.92 Å². The van der Waals surface area contributed by atoms with E-state index in [1.807, 2.05) is 31.2 Å². The third-order valence-electron chi connectivity index (χ3n) is 1.45. The van der Waals surface area contributed by atoms with Crippen molar-refractivity contribution in [3.63, 3.8) is 0 Å². The summed E-state index contributed by atoms with van der Waals surface area (Å²) in [5.41, 5.74) is 1.22. The molecule has 0 spiro atoms. The number of ether oxygens (including phenoxy) is 1. The monoisotopic (exact) mass is 158 g/mol. The van der Waals surface area contributed by atoms with Gasteiger partial charge >= 0.3 is 29.6 Å². The quantitative estimate of drug-likeness (QED) is 0.407. The summed E-state index contributed by atoms with van der Waals surface area (Å²) in [6.45, 7) is 2.02. The standard InChI is InChI=1S/C9H11O.Na/c1-3-8-4-6-9(10-2)7-5-8;/h3-7H,1-2H3;/q-1;+1. The summed E-state index contributed by atoms with van der Waals surface area (Å²) < 4.78 is 5.00. The molecule has 1 aromatic rings. The van der Waals surface area contributed by atoms with Gasteiger partial charge in [-0.2, -0.15) is 24.1 Å². The van der Waals surface area contributed by atoms with Crippen LogP contribution in [-0.2, 0) is 0 Å². The van der Waals surface area contributed by atoms with E-state index in [9.17, 15) is 0 Å². The molecule has 1 nitrogen and oxygen atoms in total. The summed E-state index contributed by atoms with van der Waals surface area (Å²) in [6, 6.07) is 7.96. The minimum absolute atomic E-state index is 0. The molecular weight excluding hydrogens is 147 g/mol. The molecule has 0 aromatic heterocycles. The zero-order chi connectivity index (χ0) is 7.40. The van der Waals surface area contributed by atoms with E-state index in [0.29, 0.717) is 0 Å². The van der Waals surface area contributed by atoms with Crippen LogP contribution in [0.2, 0.25) is 0 Å². The van der Waals surface area contributed by atoms with Crippen LogP contribution >= 0.6 is 0 Å². The Morgan fingerprint density at radius 3 is 2.09 bits per heavy atom. The van der Waals surface area contributed by atoms with Gasteiger partial charge in [-0.3, -0.25) is 0 Å². The van der Waals surface area contributed by atoms with Crippen molar-refractivity contribution in [3.05, 3.63) is 36.2 Å². The predicted octanol–water partition coefficient (Wildman–Crippen LogP) is -0.729. The van der Waals surface area contributed by atoms with E-state index in [1.165, 1.54) is 5.56 Å². The Balaban J connectivity index is 0.000001000. The van der Waals surface area contributed by atoms with Crippen LogP contribution in [0.4, 0.5) is 0 Å². The van der Waals surface area contributed by atoms with E-state index in [4.69, 9.17) is 4.74 Å². The minimum Gasteiger partial charge on any atom is -0.499 e. The van der Waals surface area contributed by atoms with Crippen LogP contribution in [0.3, 0.4) is 0 Å². The fraction of sp³-hybridized carbons (Fsp3) is 0.222. The Morgan fingerprint density at radius 1 is 1.18 bits per heavy atom. The van der Waals surface area contributed by atoms with Gasteiger partial charge < -0.3 is 4.74 Å². The van der Waals surface area contributed by atoms with E-state index < -0.39 is 0 Å². The molecule has 0 radical (unpaired) electrons. The molecule has 0 saturated heterocycles. The summed E-state index contributed by atoms with van der Waals surface area (Å²) in [7, 11) is 1.67. The molecule has 2 heteroatoms. The Hall–Kier alpha value is -0.110. The van der Waals surface area contributed by atoms with Crippen LogP contribution in [-0.4, -0.2) is 7.11 Å². The molecular formula is C9H11NaO. The van der Waals surface area contributed by atoms with Crippen LogP contribution < -0.4 is 34.3 Å². The van der Waals surface area contributed by atoms with Gasteiger partial charge in [0, 0.05) is 0 Å². The first-order valence-electron chi connectivity index (χ1n) is 3.30. The van der Waals surface area contributed by atoms with Crippen molar-refractivity contribution in [1.29, 1.82) is 0 Å².